The summed E-state index contributed by atoms with van der Waals surface area (Å²) in [7, 11) is 0. The number of nitrogens with zero attached hydrogens (tertiary/aromatic N) is 3. The molecule has 0 spiro atoms. The molecule has 2 unspecified atom stereocenters. The number of pyridine rings is 2. The Morgan fingerprint density at radius 1 is 1.22 bits per heavy atom. The molecular weight excluding hydrogens is 473 g/mol. The zero-order chi connectivity index (χ0) is 25.4. The van der Waals surface area contributed by atoms with E-state index < -0.39 is 17.6 Å². The first-order chi connectivity index (χ1) is 17.2. The van der Waals surface area contributed by atoms with Crippen LogP contribution in [-0.2, 0) is 17.3 Å². The maximum atomic E-state index is 13.0. The first-order valence-electron chi connectivity index (χ1n) is 11.6. The maximum absolute atomic E-state index is 13.0. The summed E-state index contributed by atoms with van der Waals surface area (Å²) in [4.78, 5) is 24.0. The lowest BCUT2D eigenvalue weighted by molar-refractivity contribution is -0.137. The molecule has 3 aromatic rings. The van der Waals surface area contributed by atoms with Crippen molar-refractivity contribution < 1.29 is 27.8 Å². The Morgan fingerprint density at radius 3 is 2.83 bits per heavy atom. The summed E-state index contributed by atoms with van der Waals surface area (Å²) in [6, 6.07) is 8.14. The molecule has 2 atom stereocenters. The summed E-state index contributed by atoms with van der Waals surface area (Å²) < 4.78 is 44.8. The number of benzene rings is 1. The van der Waals surface area contributed by atoms with E-state index in [1.54, 1.807) is 12.3 Å². The number of halogens is 3. The normalized spacial score (nSPS) is 19.4. The Hall–Kier alpha value is -3.50. The molecule has 1 amide bonds. The number of aliphatic hydroxyl groups is 1. The van der Waals surface area contributed by atoms with Gasteiger partial charge in [-0.3, -0.25) is 14.8 Å². The Balaban J connectivity index is 1.43. The van der Waals surface area contributed by atoms with Gasteiger partial charge in [-0.1, -0.05) is 6.07 Å². The van der Waals surface area contributed by atoms with Gasteiger partial charge in [-0.15, -0.1) is 0 Å². The molecule has 36 heavy (non-hydrogen) atoms. The van der Waals surface area contributed by atoms with Gasteiger partial charge in [-0.2, -0.15) is 13.2 Å². The Kier molecular flexibility index (Phi) is 6.40. The molecular formula is C26H25F3N4O3. The van der Waals surface area contributed by atoms with Crippen LogP contribution in [0.5, 0.6) is 0 Å². The highest BCUT2D eigenvalue weighted by Crippen LogP contribution is 2.37. The van der Waals surface area contributed by atoms with E-state index in [0.29, 0.717) is 31.9 Å². The summed E-state index contributed by atoms with van der Waals surface area (Å²) in [6.07, 6.45) is -0.664. The van der Waals surface area contributed by atoms with E-state index in [1.165, 1.54) is 18.3 Å². The monoisotopic (exact) mass is 498 g/mol. The molecule has 5 rings (SSSR count). The van der Waals surface area contributed by atoms with Gasteiger partial charge in [0.2, 0.25) is 0 Å². The number of aromatic nitrogens is 2. The first kappa shape index (κ1) is 24.2. The van der Waals surface area contributed by atoms with Crippen molar-refractivity contribution in [2.75, 3.05) is 36.6 Å². The van der Waals surface area contributed by atoms with Crippen LogP contribution < -0.4 is 10.2 Å². The minimum Gasteiger partial charge on any atom is -0.396 e. The number of aliphatic hydroxyl groups excluding tert-OH is 1. The molecule has 0 aliphatic carbocycles. The predicted octanol–water partition coefficient (Wildman–Crippen LogP) is 4.09. The molecule has 2 aromatic heterocycles. The number of alkyl halides is 3. The highest BCUT2D eigenvalue weighted by molar-refractivity contribution is 6.04. The van der Waals surface area contributed by atoms with E-state index in [2.05, 4.69) is 20.2 Å². The van der Waals surface area contributed by atoms with Gasteiger partial charge in [0.15, 0.2) is 0 Å². The SMILES string of the molecule is Cc1ncc(NC(=O)c2cccc(C(F)(F)F)c2)cc1-c1cnc2c(c1)N1CCOCC1C(CO)C2. The Morgan fingerprint density at radius 2 is 2.06 bits per heavy atom. The van der Waals surface area contributed by atoms with Gasteiger partial charge in [0.05, 0.1) is 48.1 Å². The molecule has 2 aliphatic rings. The van der Waals surface area contributed by atoms with Crippen molar-refractivity contribution in [1.29, 1.82) is 0 Å². The minimum atomic E-state index is -4.54. The van der Waals surface area contributed by atoms with Crippen LogP contribution in [0.1, 0.15) is 27.3 Å². The fourth-order valence-electron chi connectivity index (χ4n) is 4.85. The fourth-order valence-corrected chi connectivity index (χ4v) is 4.85. The van der Waals surface area contributed by atoms with Crippen molar-refractivity contribution in [2.45, 2.75) is 25.6 Å². The number of ether oxygens (including phenoxy) is 1. The maximum Gasteiger partial charge on any atom is 0.416 e. The van der Waals surface area contributed by atoms with Gasteiger partial charge < -0.3 is 20.1 Å². The number of carbonyl (C=O) groups excluding carboxylic acids is 1. The third-order valence-electron chi connectivity index (χ3n) is 6.76. The molecule has 0 bridgehead atoms. The number of fused-ring (bicyclic) bond motifs is 3. The van der Waals surface area contributed by atoms with Crippen molar-refractivity contribution in [1.82, 2.24) is 9.97 Å². The standard InChI is InChI=1S/C26H25F3N4O3/c1-15-21(10-20(12-30-15)32-25(35)16-3-2-4-19(7-16)26(27,28)29)17-9-23-22(31-11-17)8-18(13-34)24-14-36-6-5-33(23)24/h2-4,7,9-12,18,24,34H,5-6,8,13-14H2,1H3,(H,32,35). The zero-order valence-electron chi connectivity index (χ0n) is 19.5. The van der Waals surface area contributed by atoms with E-state index in [0.717, 1.165) is 40.3 Å². The van der Waals surface area contributed by atoms with Crippen molar-refractivity contribution in [3.05, 3.63) is 71.3 Å². The number of anilines is 2. The number of amides is 1. The van der Waals surface area contributed by atoms with Gasteiger partial charge in [0, 0.05) is 47.7 Å². The molecule has 1 aromatic carbocycles. The quantitative estimate of drug-likeness (QED) is 0.564. The summed E-state index contributed by atoms with van der Waals surface area (Å²) >= 11 is 0. The average molecular weight is 499 g/mol. The van der Waals surface area contributed by atoms with Crippen molar-refractivity contribution in [2.24, 2.45) is 5.92 Å². The third kappa shape index (κ3) is 4.66. The second-order valence-corrected chi connectivity index (χ2v) is 9.06. The number of hydrogen-bond acceptors (Lipinski definition) is 6. The number of carbonyl (C=O) groups is 1. The number of aryl methyl sites for hydroxylation is 1. The summed E-state index contributed by atoms with van der Waals surface area (Å²) in [5.74, 6) is -0.610. The van der Waals surface area contributed by atoms with E-state index in [1.807, 2.05) is 13.0 Å². The molecule has 1 fully saturated rings. The van der Waals surface area contributed by atoms with Gasteiger partial charge in [0.1, 0.15) is 0 Å². The largest absolute Gasteiger partial charge is 0.416 e. The first-order valence-corrected chi connectivity index (χ1v) is 11.6. The van der Waals surface area contributed by atoms with Crippen LogP contribution in [-0.4, -0.2) is 53.4 Å². The topological polar surface area (TPSA) is 87.6 Å². The van der Waals surface area contributed by atoms with E-state index >= 15 is 0 Å². The van der Waals surface area contributed by atoms with Gasteiger partial charge in [0.25, 0.3) is 5.91 Å². The van der Waals surface area contributed by atoms with E-state index in [4.69, 9.17) is 4.74 Å². The molecule has 2 aliphatic heterocycles. The lowest BCUT2D eigenvalue weighted by Crippen LogP contribution is -2.54. The van der Waals surface area contributed by atoms with Crippen LogP contribution in [0.4, 0.5) is 24.5 Å². The Labute approximate surface area is 205 Å². The van der Waals surface area contributed by atoms with E-state index in [9.17, 15) is 23.1 Å². The molecule has 4 heterocycles. The number of rotatable bonds is 4. The number of nitrogens with one attached hydrogen (secondary N) is 1. The van der Waals surface area contributed by atoms with Crippen LogP contribution in [0.15, 0.2) is 48.8 Å². The molecule has 7 nitrogen and oxygen atoms in total. The smallest absolute Gasteiger partial charge is 0.396 e. The van der Waals surface area contributed by atoms with Gasteiger partial charge >= 0.3 is 6.18 Å². The molecule has 188 valence electrons. The minimum absolute atomic E-state index is 0.0499. The lowest BCUT2D eigenvalue weighted by atomic mass is 9.87. The number of morpholine rings is 1. The number of hydrogen-bond donors (Lipinski definition) is 2. The van der Waals surface area contributed by atoms with Gasteiger partial charge in [-0.25, -0.2) is 0 Å². The van der Waals surface area contributed by atoms with Crippen LogP contribution >= 0.6 is 0 Å². The van der Waals surface area contributed by atoms with Crippen molar-refractivity contribution in [3.8, 4) is 11.1 Å². The second kappa shape index (κ2) is 9.51. The molecule has 1 saturated heterocycles. The summed E-state index contributed by atoms with van der Waals surface area (Å²) in [5, 5.41) is 12.5. The van der Waals surface area contributed by atoms with Gasteiger partial charge in [-0.05, 0) is 43.7 Å². The average Bonchev–Trinajstić information content (AvgIpc) is 2.88. The van der Waals surface area contributed by atoms with Crippen LogP contribution in [0.3, 0.4) is 0 Å². The predicted molar refractivity (Wildman–Crippen MR) is 128 cm³/mol. The molecule has 0 saturated carbocycles. The second-order valence-electron chi connectivity index (χ2n) is 9.06. The summed E-state index contributed by atoms with van der Waals surface area (Å²) in [6.45, 7) is 3.74. The van der Waals surface area contributed by atoms with Crippen LogP contribution in [0, 0.1) is 12.8 Å². The lowest BCUT2D eigenvalue weighted by Gasteiger charge is -2.45. The molecule has 10 heteroatoms. The van der Waals surface area contributed by atoms with Crippen molar-refractivity contribution in [3.63, 3.8) is 0 Å². The van der Waals surface area contributed by atoms with Crippen LogP contribution in [0.25, 0.3) is 11.1 Å². The highest BCUT2D eigenvalue weighted by atomic mass is 19.4. The molecule has 2 N–H and O–H groups in total. The highest BCUT2D eigenvalue weighted by Gasteiger charge is 2.37. The fraction of sp³-hybridized carbons (Fsp3) is 0.346. The third-order valence-corrected chi connectivity index (χ3v) is 6.76. The van der Waals surface area contributed by atoms with Crippen LogP contribution in [0.2, 0.25) is 0 Å². The Bertz CT molecular complexity index is 1300. The zero-order valence-corrected chi connectivity index (χ0v) is 19.5. The summed E-state index contributed by atoms with van der Waals surface area (Å²) in [5.41, 5.74) is 3.56. The van der Waals surface area contributed by atoms with E-state index in [-0.39, 0.29) is 24.1 Å². The molecule has 0 radical (unpaired) electrons. The van der Waals surface area contributed by atoms with Crippen molar-refractivity contribution >= 4 is 17.3 Å².